The van der Waals surface area contributed by atoms with Crippen molar-refractivity contribution < 1.29 is 24.2 Å². The number of carbonyl (C=O) groups excluding carboxylic acids is 3. The van der Waals surface area contributed by atoms with Crippen molar-refractivity contribution in [1.82, 2.24) is 29.7 Å². The molecular weight excluding hydrogens is 548 g/mol. The SMILES string of the molecule is CCCN1CC=C[C@@]2(CC)O[C@]34C=CCN(Cn5nnc6ccccc65)C(=O)C3N(CCCCCCO)C(=O)[C@@H]4[C@H]2C1=O. The average Bonchev–Trinajstić information content (AvgIpc) is 3.55. The first-order valence-electron chi connectivity index (χ1n) is 15.7. The summed E-state index contributed by atoms with van der Waals surface area (Å²) in [5.74, 6) is -2.03. The van der Waals surface area contributed by atoms with E-state index in [0.29, 0.717) is 45.4 Å². The van der Waals surface area contributed by atoms with Gasteiger partial charge < -0.3 is 24.5 Å². The van der Waals surface area contributed by atoms with Crippen LogP contribution < -0.4 is 0 Å². The Morgan fingerprint density at radius 3 is 2.47 bits per heavy atom. The lowest BCUT2D eigenvalue weighted by Gasteiger charge is -2.38. The molecule has 6 rings (SSSR count). The van der Waals surface area contributed by atoms with Crippen LogP contribution in [0.1, 0.15) is 52.4 Å². The molecular formula is C32H42N6O5. The Morgan fingerprint density at radius 1 is 0.907 bits per heavy atom. The zero-order chi connectivity index (χ0) is 30.2. The van der Waals surface area contributed by atoms with Gasteiger partial charge in [-0.2, -0.15) is 0 Å². The monoisotopic (exact) mass is 590 g/mol. The average molecular weight is 591 g/mol. The van der Waals surface area contributed by atoms with E-state index in [1.54, 1.807) is 14.5 Å². The van der Waals surface area contributed by atoms with Gasteiger partial charge in [0, 0.05) is 32.8 Å². The molecule has 2 aromatic rings. The summed E-state index contributed by atoms with van der Waals surface area (Å²) in [4.78, 5) is 48.6. The maximum Gasteiger partial charge on any atom is 0.250 e. The van der Waals surface area contributed by atoms with Gasteiger partial charge in [0.25, 0.3) is 5.91 Å². The highest BCUT2D eigenvalue weighted by Crippen LogP contribution is 2.58. The highest BCUT2D eigenvalue weighted by molar-refractivity contribution is 6.00. The van der Waals surface area contributed by atoms with E-state index >= 15 is 0 Å². The Labute approximate surface area is 252 Å². The van der Waals surface area contributed by atoms with Crippen molar-refractivity contribution in [1.29, 1.82) is 0 Å². The normalized spacial score (nSPS) is 30.2. The van der Waals surface area contributed by atoms with Crippen LogP contribution in [0, 0.1) is 11.8 Å². The number of hydrogen-bond acceptors (Lipinski definition) is 7. The molecule has 1 N–H and O–H groups in total. The van der Waals surface area contributed by atoms with Crippen LogP contribution in [-0.4, -0.2) is 103 Å². The van der Waals surface area contributed by atoms with E-state index in [-0.39, 0.29) is 31.0 Å². The molecule has 1 aromatic carbocycles. The van der Waals surface area contributed by atoms with Crippen LogP contribution in [0.2, 0.25) is 0 Å². The number of benzene rings is 1. The molecule has 1 aromatic heterocycles. The van der Waals surface area contributed by atoms with Crippen LogP contribution in [0.4, 0.5) is 0 Å². The summed E-state index contributed by atoms with van der Waals surface area (Å²) in [7, 11) is 0. The largest absolute Gasteiger partial charge is 0.396 e. The van der Waals surface area contributed by atoms with Crippen molar-refractivity contribution in [3.05, 3.63) is 48.6 Å². The Bertz CT molecular complexity index is 1440. The number of likely N-dealkylation sites (tertiary alicyclic amines) is 1. The maximum atomic E-state index is 14.6. The molecule has 0 bridgehead atoms. The van der Waals surface area contributed by atoms with Gasteiger partial charge in [-0.1, -0.05) is 68.3 Å². The van der Waals surface area contributed by atoms with Gasteiger partial charge in [0.2, 0.25) is 11.8 Å². The van der Waals surface area contributed by atoms with Gasteiger partial charge in [0.15, 0.2) is 0 Å². The number of ether oxygens (including phenoxy) is 1. The van der Waals surface area contributed by atoms with E-state index in [9.17, 15) is 19.5 Å². The van der Waals surface area contributed by atoms with Crippen molar-refractivity contribution in [2.24, 2.45) is 11.8 Å². The van der Waals surface area contributed by atoms with E-state index in [1.807, 2.05) is 67.3 Å². The predicted molar refractivity (Wildman–Crippen MR) is 159 cm³/mol. The summed E-state index contributed by atoms with van der Waals surface area (Å²) < 4.78 is 8.75. The summed E-state index contributed by atoms with van der Waals surface area (Å²) >= 11 is 0. The first kappa shape index (κ1) is 29.5. The second-order valence-electron chi connectivity index (χ2n) is 12.2. The van der Waals surface area contributed by atoms with E-state index < -0.39 is 29.1 Å². The highest BCUT2D eigenvalue weighted by atomic mass is 16.5. The Hall–Kier alpha value is -3.57. The number of amides is 3. The van der Waals surface area contributed by atoms with Crippen LogP contribution in [0.3, 0.4) is 0 Å². The molecule has 3 amide bonds. The Morgan fingerprint density at radius 2 is 1.67 bits per heavy atom. The van der Waals surface area contributed by atoms with Crippen molar-refractivity contribution in [2.45, 2.75) is 76.3 Å². The minimum absolute atomic E-state index is 0.0801. The molecule has 1 unspecified atom stereocenters. The second kappa shape index (κ2) is 11.8. The third kappa shape index (κ3) is 4.77. The number of rotatable bonds is 11. The smallest absolute Gasteiger partial charge is 0.250 e. The van der Waals surface area contributed by atoms with Gasteiger partial charge in [-0.05, 0) is 37.8 Å². The van der Waals surface area contributed by atoms with E-state index in [4.69, 9.17) is 4.74 Å². The van der Waals surface area contributed by atoms with Gasteiger partial charge in [0.1, 0.15) is 23.8 Å². The molecule has 5 atom stereocenters. The number of unbranched alkanes of at least 4 members (excludes halogenated alkanes) is 3. The number of hydrogen-bond donors (Lipinski definition) is 1. The molecule has 0 radical (unpaired) electrons. The topological polar surface area (TPSA) is 121 Å². The molecule has 0 saturated carbocycles. The minimum Gasteiger partial charge on any atom is -0.396 e. The van der Waals surface area contributed by atoms with Crippen molar-refractivity contribution in [3.63, 3.8) is 0 Å². The lowest BCUT2D eigenvalue weighted by atomic mass is 9.73. The third-order valence-corrected chi connectivity index (χ3v) is 9.63. The summed E-state index contributed by atoms with van der Waals surface area (Å²) in [6.45, 7) is 6.10. The molecule has 11 heteroatoms. The third-order valence-electron chi connectivity index (χ3n) is 9.63. The van der Waals surface area contributed by atoms with Crippen LogP contribution in [-0.2, 0) is 25.8 Å². The summed E-state index contributed by atoms with van der Waals surface area (Å²) in [6.07, 6.45) is 12.1. The molecule has 11 nitrogen and oxygen atoms in total. The summed E-state index contributed by atoms with van der Waals surface area (Å²) in [5.41, 5.74) is -0.694. The van der Waals surface area contributed by atoms with E-state index in [1.165, 1.54) is 0 Å². The predicted octanol–water partition coefficient (Wildman–Crippen LogP) is 2.51. The van der Waals surface area contributed by atoms with Gasteiger partial charge >= 0.3 is 0 Å². The van der Waals surface area contributed by atoms with Gasteiger partial charge in [-0.3, -0.25) is 14.4 Å². The van der Waals surface area contributed by atoms with E-state index in [2.05, 4.69) is 10.3 Å². The summed E-state index contributed by atoms with van der Waals surface area (Å²) in [6, 6.07) is 6.69. The van der Waals surface area contributed by atoms with Crippen molar-refractivity contribution in [3.8, 4) is 0 Å². The Balaban J connectivity index is 1.39. The second-order valence-corrected chi connectivity index (χ2v) is 12.2. The van der Waals surface area contributed by atoms with Gasteiger partial charge in [-0.15, -0.1) is 5.10 Å². The maximum absolute atomic E-state index is 14.6. The lowest BCUT2D eigenvalue weighted by Crippen LogP contribution is -2.56. The van der Waals surface area contributed by atoms with Crippen LogP contribution in [0.25, 0.3) is 11.0 Å². The number of fused-ring (bicyclic) bond motifs is 3. The fourth-order valence-corrected chi connectivity index (χ4v) is 7.63. The molecule has 43 heavy (non-hydrogen) atoms. The molecule has 4 aliphatic heterocycles. The first-order chi connectivity index (χ1) is 20.9. The standard InChI is InChI=1S/C32H42N6O5/c1-3-17-35-18-11-15-31(4-2)25(28(35)40)26-29(41)37(20-9-5-6-10-21-39)27-30(42)36(19-12-16-32(26,27)43-31)22-38-24-14-8-7-13-23(24)33-34-38/h7-8,11-16,25-27,39H,3-6,9-10,17-22H2,1-2H3/t25-,26-,27?,31+,32-/m0/s1. The quantitative estimate of drug-likeness (QED) is 0.315. The van der Waals surface area contributed by atoms with Crippen molar-refractivity contribution in [2.75, 3.05) is 32.8 Å². The van der Waals surface area contributed by atoms with Gasteiger partial charge in [-0.25, -0.2) is 4.68 Å². The number of nitrogens with zero attached hydrogens (tertiary/aromatic N) is 6. The van der Waals surface area contributed by atoms with E-state index in [0.717, 1.165) is 30.3 Å². The molecule has 2 saturated heterocycles. The molecule has 1 spiro atoms. The molecule has 4 aliphatic rings. The first-order valence-corrected chi connectivity index (χ1v) is 15.7. The number of aliphatic hydroxyl groups is 1. The zero-order valence-corrected chi connectivity index (χ0v) is 25.1. The molecule has 2 fully saturated rings. The van der Waals surface area contributed by atoms with Gasteiger partial charge in [0.05, 0.1) is 23.0 Å². The molecule has 5 heterocycles. The highest BCUT2D eigenvalue weighted by Gasteiger charge is 2.75. The van der Waals surface area contributed by atoms with Crippen molar-refractivity contribution >= 4 is 28.8 Å². The lowest BCUT2D eigenvalue weighted by molar-refractivity contribution is -0.155. The fraction of sp³-hybridized carbons (Fsp3) is 0.594. The number of aliphatic hydroxyl groups excluding tert-OH is 1. The molecule has 0 aliphatic carbocycles. The van der Waals surface area contributed by atoms with Crippen LogP contribution in [0.5, 0.6) is 0 Å². The summed E-state index contributed by atoms with van der Waals surface area (Å²) in [5, 5.41) is 17.8. The molecule has 230 valence electrons. The Kier molecular flexibility index (Phi) is 8.12. The van der Waals surface area contributed by atoms with Crippen LogP contribution in [0.15, 0.2) is 48.6 Å². The number of aromatic nitrogens is 3. The number of para-hydroxylation sites is 1. The van der Waals surface area contributed by atoms with Crippen LogP contribution >= 0.6 is 0 Å². The minimum atomic E-state index is -1.27. The number of carbonyl (C=O) groups is 3. The zero-order valence-electron chi connectivity index (χ0n) is 25.1. The fourth-order valence-electron chi connectivity index (χ4n) is 7.63.